The van der Waals surface area contributed by atoms with Gasteiger partial charge in [0.2, 0.25) is 0 Å². The first kappa shape index (κ1) is 18.7. The summed E-state index contributed by atoms with van der Waals surface area (Å²) in [4.78, 5) is 12.2. The van der Waals surface area contributed by atoms with Gasteiger partial charge in [-0.25, -0.2) is 0 Å². The van der Waals surface area contributed by atoms with E-state index in [-0.39, 0.29) is 43.0 Å². The van der Waals surface area contributed by atoms with Crippen LogP contribution in [0, 0.1) is 0 Å². The van der Waals surface area contributed by atoms with Gasteiger partial charge in [0.25, 0.3) is 0 Å². The van der Waals surface area contributed by atoms with Gasteiger partial charge >= 0.3 is 147 Å². The topological polar surface area (TPSA) is 35.5 Å². The van der Waals surface area contributed by atoms with Crippen molar-refractivity contribution < 1.29 is 14.0 Å². The Balaban J connectivity index is 2.08. The fraction of sp³-hybridized carbons (Fsp3) is 0.611. The first-order valence-corrected chi connectivity index (χ1v) is 13.0. The van der Waals surface area contributed by atoms with Crippen molar-refractivity contribution in [1.82, 2.24) is 0 Å². The van der Waals surface area contributed by atoms with E-state index in [4.69, 9.17) is 9.16 Å². The maximum atomic E-state index is 12.3. The third-order valence-corrected chi connectivity index (χ3v) is 11.9. The zero-order valence-electron chi connectivity index (χ0n) is 15.0. The number of ether oxygens (including phenoxy) is 1. The average Bonchev–Trinajstić information content (AvgIpc) is 2.44. The molecule has 2 rings (SSSR count). The molecule has 0 spiro atoms. The third-order valence-electron chi connectivity index (χ3n) is 4.81. The van der Waals surface area contributed by atoms with Crippen LogP contribution in [0.2, 0.25) is 22.9 Å². The van der Waals surface area contributed by atoms with Crippen LogP contribution >= 0.6 is 0 Å². The van der Waals surface area contributed by atoms with Crippen LogP contribution in [0.1, 0.15) is 34.1 Å². The summed E-state index contributed by atoms with van der Waals surface area (Å²) < 4.78 is 13.4. The Morgan fingerprint density at radius 3 is 2.39 bits per heavy atom. The van der Waals surface area contributed by atoms with Crippen molar-refractivity contribution >= 4 is 33.7 Å². The number of benzene rings is 1. The van der Waals surface area contributed by atoms with Crippen molar-refractivity contribution in [2.24, 2.45) is 0 Å². The molecule has 1 fully saturated rings. The van der Waals surface area contributed by atoms with E-state index < -0.39 is 8.32 Å². The van der Waals surface area contributed by atoms with Crippen molar-refractivity contribution in [2.45, 2.75) is 69.3 Å². The molecule has 0 bridgehead atoms. The van der Waals surface area contributed by atoms with Gasteiger partial charge in [-0.15, -0.1) is 0 Å². The number of hydrogen-bond acceptors (Lipinski definition) is 3. The van der Waals surface area contributed by atoms with Gasteiger partial charge in [-0.3, -0.25) is 0 Å². The van der Waals surface area contributed by atoms with Crippen LogP contribution in [-0.4, -0.2) is 41.5 Å². The van der Waals surface area contributed by atoms with Gasteiger partial charge in [0.15, 0.2) is 0 Å². The summed E-state index contributed by atoms with van der Waals surface area (Å²) in [7, 11) is -1.86. The zero-order chi connectivity index (χ0) is 17.3. The number of cyclic esters (lactones) is 1. The summed E-state index contributed by atoms with van der Waals surface area (Å²) in [5.74, 6) is -0.0589. The Kier molecular flexibility index (Phi) is 5.78. The van der Waals surface area contributed by atoms with Crippen LogP contribution in [-0.2, 0) is 14.0 Å². The number of esters is 1. The Bertz CT molecular complexity index is 539. The second kappa shape index (κ2) is 7.10. The number of carbonyl (C=O) groups excluding carboxylic acids is 1. The van der Waals surface area contributed by atoms with E-state index in [1.807, 2.05) is 25.1 Å². The van der Waals surface area contributed by atoms with Gasteiger partial charge in [-0.05, 0) is 0 Å². The van der Waals surface area contributed by atoms with Crippen molar-refractivity contribution in [1.29, 1.82) is 0 Å². The standard InChI is InChI=1S/C18H28O3SeSi/c1-13-15(21-23(5,6)18(2,3)4)12-16(17(19)20-13)22-14-10-8-7-9-11-14/h7-11,13,15-16H,12H2,1-6H3/t13-,15+,16?/m1/s1. The molecule has 0 amide bonds. The number of rotatable bonds is 4. The van der Waals surface area contributed by atoms with E-state index in [1.165, 1.54) is 4.46 Å². The Morgan fingerprint density at radius 1 is 1.22 bits per heavy atom. The summed E-state index contributed by atoms with van der Waals surface area (Å²) in [5.41, 5.74) is 0. The SMILES string of the molecule is C[C@H]1OC(=O)C([Se]c2ccccc2)C[C@@H]1O[Si](C)(C)C(C)(C)C. The Labute approximate surface area is 147 Å². The first-order valence-electron chi connectivity index (χ1n) is 8.20. The predicted molar refractivity (Wildman–Crippen MR) is 97.8 cm³/mol. The average molecular weight is 399 g/mol. The molecule has 1 saturated heterocycles. The van der Waals surface area contributed by atoms with E-state index in [0.717, 1.165) is 6.42 Å². The fourth-order valence-corrected chi connectivity index (χ4v) is 5.96. The molecule has 0 aliphatic carbocycles. The Hall–Kier alpha value is -0.614. The van der Waals surface area contributed by atoms with Gasteiger partial charge in [-0.2, -0.15) is 0 Å². The summed E-state index contributed by atoms with van der Waals surface area (Å²) in [6.45, 7) is 13.2. The summed E-state index contributed by atoms with van der Waals surface area (Å²) >= 11 is 0.0908. The van der Waals surface area contributed by atoms with Crippen molar-refractivity contribution in [3.63, 3.8) is 0 Å². The van der Waals surface area contributed by atoms with Crippen LogP contribution in [0.4, 0.5) is 0 Å². The van der Waals surface area contributed by atoms with Gasteiger partial charge in [0.05, 0.1) is 0 Å². The molecule has 0 N–H and O–H groups in total. The van der Waals surface area contributed by atoms with E-state index in [0.29, 0.717) is 0 Å². The second-order valence-electron chi connectivity index (χ2n) is 7.71. The minimum absolute atomic E-state index is 0.0178. The molecule has 0 radical (unpaired) electrons. The molecule has 1 unspecified atom stereocenters. The molecule has 3 nitrogen and oxygen atoms in total. The van der Waals surface area contributed by atoms with Crippen LogP contribution in [0.5, 0.6) is 0 Å². The minimum atomic E-state index is -1.86. The van der Waals surface area contributed by atoms with Gasteiger partial charge in [0, 0.05) is 0 Å². The van der Waals surface area contributed by atoms with Gasteiger partial charge in [-0.1, -0.05) is 0 Å². The molecule has 1 aromatic rings. The van der Waals surface area contributed by atoms with Crippen LogP contribution in [0.25, 0.3) is 0 Å². The van der Waals surface area contributed by atoms with Crippen molar-refractivity contribution in [3.05, 3.63) is 30.3 Å². The van der Waals surface area contributed by atoms with Crippen LogP contribution < -0.4 is 4.46 Å². The molecule has 3 atom stereocenters. The molecule has 0 aromatic heterocycles. The summed E-state index contributed by atoms with van der Waals surface area (Å²) in [6, 6.07) is 10.2. The van der Waals surface area contributed by atoms with Gasteiger partial charge in [0.1, 0.15) is 0 Å². The molecule has 23 heavy (non-hydrogen) atoms. The zero-order valence-corrected chi connectivity index (χ0v) is 17.7. The molecule has 1 heterocycles. The Morgan fingerprint density at radius 2 is 1.83 bits per heavy atom. The second-order valence-corrected chi connectivity index (χ2v) is 15.1. The summed E-state index contributed by atoms with van der Waals surface area (Å²) in [5, 5.41) is 0.161. The van der Waals surface area contributed by atoms with Gasteiger partial charge < -0.3 is 0 Å². The van der Waals surface area contributed by atoms with E-state index in [9.17, 15) is 4.79 Å². The molecule has 128 valence electrons. The summed E-state index contributed by atoms with van der Waals surface area (Å²) in [6.07, 6.45) is 0.644. The van der Waals surface area contributed by atoms with Crippen molar-refractivity contribution in [3.8, 4) is 0 Å². The first-order chi connectivity index (χ1) is 10.6. The van der Waals surface area contributed by atoms with Crippen molar-refractivity contribution in [2.75, 3.05) is 0 Å². The monoisotopic (exact) mass is 400 g/mol. The fourth-order valence-electron chi connectivity index (χ4n) is 2.29. The molecule has 0 saturated carbocycles. The molecular weight excluding hydrogens is 371 g/mol. The number of carbonyl (C=O) groups is 1. The maximum absolute atomic E-state index is 12.3. The quantitative estimate of drug-likeness (QED) is 0.574. The normalized spacial score (nSPS) is 26.0. The van der Waals surface area contributed by atoms with Crippen LogP contribution in [0.15, 0.2) is 30.3 Å². The molecule has 1 aliphatic rings. The van der Waals surface area contributed by atoms with Crippen LogP contribution in [0.3, 0.4) is 0 Å². The van der Waals surface area contributed by atoms with E-state index >= 15 is 0 Å². The number of hydrogen-bond donors (Lipinski definition) is 0. The van der Waals surface area contributed by atoms with E-state index in [1.54, 1.807) is 0 Å². The van der Waals surface area contributed by atoms with E-state index in [2.05, 4.69) is 46.0 Å². The molecule has 1 aromatic carbocycles. The molecule has 1 aliphatic heterocycles. The third kappa shape index (κ3) is 4.69. The molecular formula is C18H28O3SeSi. The molecule has 5 heteroatoms. The predicted octanol–water partition coefficient (Wildman–Crippen LogP) is 3.53.